The predicted octanol–water partition coefficient (Wildman–Crippen LogP) is 1.62. The molecule has 0 heterocycles. The summed E-state index contributed by atoms with van der Waals surface area (Å²) in [7, 11) is 0. The zero-order chi connectivity index (χ0) is 14.4. The number of nitrogens with one attached hydrogen (secondary N) is 1. The minimum Gasteiger partial charge on any atom is -0.508 e. The Labute approximate surface area is 113 Å². The van der Waals surface area contributed by atoms with Crippen molar-refractivity contribution in [2.24, 2.45) is 0 Å². The van der Waals surface area contributed by atoms with E-state index in [0.717, 1.165) is 0 Å². The van der Waals surface area contributed by atoms with Crippen LogP contribution in [-0.4, -0.2) is 40.7 Å². The minimum atomic E-state index is -0.167. The molecule has 3 N–H and O–H groups in total. The number of carbonyl (C=O) groups excluding carboxylic acids is 1. The highest BCUT2D eigenvalue weighted by atomic mass is 16.3. The molecule has 1 atom stereocenters. The number of rotatable bonds is 6. The number of hydrogen-bond acceptors (Lipinski definition) is 4. The van der Waals surface area contributed by atoms with Gasteiger partial charge >= 0.3 is 0 Å². The quantitative estimate of drug-likeness (QED) is 0.731. The van der Waals surface area contributed by atoms with Crippen molar-refractivity contribution in [2.75, 3.05) is 19.6 Å². The molecule has 1 unspecified atom stereocenters. The molecule has 5 nitrogen and oxygen atoms in total. The number of hydrogen-bond donors (Lipinski definition) is 3. The SMILES string of the molecule is CCN(CC)C(=O)CNC(C)c1ccc(O)cc1O. The Morgan fingerprint density at radius 3 is 2.47 bits per heavy atom. The summed E-state index contributed by atoms with van der Waals surface area (Å²) in [5.41, 5.74) is 0.658. The second-order valence-corrected chi connectivity index (χ2v) is 4.41. The molecular formula is C14H22N2O3. The van der Waals surface area contributed by atoms with Gasteiger partial charge in [-0.05, 0) is 26.8 Å². The lowest BCUT2D eigenvalue weighted by Crippen LogP contribution is -2.38. The molecule has 0 spiro atoms. The predicted molar refractivity (Wildman–Crippen MR) is 74.1 cm³/mol. The first-order chi connectivity index (χ1) is 8.99. The van der Waals surface area contributed by atoms with Crippen LogP contribution in [0.3, 0.4) is 0 Å². The van der Waals surface area contributed by atoms with Gasteiger partial charge in [-0.3, -0.25) is 4.79 Å². The number of amides is 1. The summed E-state index contributed by atoms with van der Waals surface area (Å²) in [6.07, 6.45) is 0. The Morgan fingerprint density at radius 1 is 1.32 bits per heavy atom. The standard InChI is InChI=1S/C14H22N2O3/c1-4-16(5-2)14(19)9-15-10(3)12-7-6-11(17)8-13(12)18/h6-8,10,15,17-18H,4-5,9H2,1-3H3. The number of phenols is 2. The average Bonchev–Trinajstić information content (AvgIpc) is 2.37. The molecule has 0 saturated heterocycles. The van der Waals surface area contributed by atoms with Crippen LogP contribution in [0.4, 0.5) is 0 Å². The van der Waals surface area contributed by atoms with Gasteiger partial charge in [0.2, 0.25) is 5.91 Å². The molecule has 0 aromatic heterocycles. The van der Waals surface area contributed by atoms with Crippen molar-refractivity contribution >= 4 is 5.91 Å². The average molecular weight is 266 g/mol. The van der Waals surface area contributed by atoms with Gasteiger partial charge in [0, 0.05) is 30.8 Å². The van der Waals surface area contributed by atoms with Gasteiger partial charge in [0.1, 0.15) is 11.5 Å². The van der Waals surface area contributed by atoms with Crippen molar-refractivity contribution in [3.05, 3.63) is 23.8 Å². The number of carbonyl (C=O) groups is 1. The summed E-state index contributed by atoms with van der Waals surface area (Å²) in [6, 6.07) is 4.28. The van der Waals surface area contributed by atoms with E-state index in [1.807, 2.05) is 20.8 Å². The van der Waals surface area contributed by atoms with E-state index >= 15 is 0 Å². The van der Waals surface area contributed by atoms with Crippen LogP contribution in [0.25, 0.3) is 0 Å². The van der Waals surface area contributed by atoms with E-state index in [1.54, 1.807) is 11.0 Å². The summed E-state index contributed by atoms with van der Waals surface area (Å²) in [5, 5.41) is 22.0. The second kappa shape index (κ2) is 6.99. The Hall–Kier alpha value is -1.75. The zero-order valence-electron chi connectivity index (χ0n) is 11.7. The van der Waals surface area contributed by atoms with E-state index in [0.29, 0.717) is 18.7 Å². The normalized spacial score (nSPS) is 12.2. The molecule has 1 amide bonds. The molecule has 0 bridgehead atoms. The first-order valence-electron chi connectivity index (χ1n) is 6.52. The van der Waals surface area contributed by atoms with Crippen molar-refractivity contribution < 1.29 is 15.0 Å². The summed E-state index contributed by atoms with van der Waals surface area (Å²) >= 11 is 0. The van der Waals surface area contributed by atoms with Gasteiger partial charge in [-0.2, -0.15) is 0 Å². The molecule has 0 aliphatic rings. The van der Waals surface area contributed by atoms with Crippen LogP contribution in [0.5, 0.6) is 11.5 Å². The number of phenolic OH excluding ortho intramolecular Hbond substituents is 2. The Balaban J connectivity index is 2.60. The monoisotopic (exact) mass is 266 g/mol. The van der Waals surface area contributed by atoms with Crippen LogP contribution in [-0.2, 0) is 4.79 Å². The molecule has 0 aliphatic heterocycles. The van der Waals surface area contributed by atoms with Gasteiger partial charge in [0.25, 0.3) is 0 Å². The van der Waals surface area contributed by atoms with E-state index < -0.39 is 0 Å². The second-order valence-electron chi connectivity index (χ2n) is 4.41. The van der Waals surface area contributed by atoms with E-state index in [9.17, 15) is 15.0 Å². The summed E-state index contributed by atoms with van der Waals surface area (Å²) in [4.78, 5) is 13.6. The highest BCUT2D eigenvalue weighted by molar-refractivity contribution is 5.78. The third kappa shape index (κ3) is 4.13. The fourth-order valence-corrected chi connectivity index (χ4v) is 1.94. The molecule has 19 heavy (non-hydrogen) atoms. The fourth-order valence-electron chi connectivity index (χ4n) is 1.94. The summed E-state index contributed by atoms with van der Waals surface area (Å²) < 4.78 is 0. The van der Waals surface area contributed by atoms with Crippen molar-refractivity contribution in [2.45, 2.75) is 26.8 Å². The van der Waals surface area contributed by atoms with Gasteiger partial charge in [-0.15, -0.1) is 0 Å². The van der Waals surface area contributed by atoms with Crippen LogP contribution in [0.1, 0.15) is 32.4 Å². The third-order valence-corrected chi connectivity index (χ3v) is 3.16. The van der Waals surface area contributed by atoms with Crippen molar-refractivity contribution in [1.82, 2.24) is 10.2 Å². The topological polar surface area (TPSA) is 72.8 Å². The van der Waals surface area contributed by atoms with Crippen LogP contribution in [0.15, 0.2) is 18.2 Å². The number of likely N-dealkylation sites (N-methyl/N-ethyl adjacent to an activating group) is 1. The van der Waals surface area contributed by atoms with Crippen molar-refractivity contribution in [3.8, 4) is 11.5 Å². The zero-order valence-corrected chi connectivity index (χ0v) is 11.7. The van der Waals surface area contributed by atoms with E-state index in [-0.39, 0.29) is 30.0 Å². The maximum Gasteiger partial charge on any atom is 0.236 e. The Kier molecular flexibility index (Phi) is 5.63. The van der Waals surface area contributed by atoms with Crippen LogP contribution < -0.4 is 5.32 Å². The van der Waals surface area contributed by atoms with Gasteiger partial charge in [0.05, 0.1) is 6.54 Å². The van der Waals surface area contributed by atoms with Crippen LogP contribution >= 0.6 is 0 Å². The van der Waals surface area contributed by atoms with Crippen molar-refractivity contribution in [1.29, 1.82) is 0 Å². The number of aromatic hydroxyl groups is 2. The number of nitrogens with zero attached hydrogens (tertiary/aromatic N) is 1. The van der Waals surface area contributed by atoms with Crippen LogP contribution in [0.2, 0.25) is 0 Å². The molecular weight excluding hydrogens is 244 g/mol. The highest BCUT2D eigenvalue weighted by Crippen LogP contribution is 2.27. The molecule has 5 heteroatoms. The first kappa shape index (κ1) is 15.3. The van der Waals surface area contributed by atoms with E-state index in [4.69, 9.17) is 0 Å². The summed E-state index contributed by atoms with van der Waals surface area (Å²) in [5.74, 6) is 0.0815. The van der Waals surface area contributed by atoms with Crippen molar-refractivity contribution in [3.63, 3.8) is 0 Å². The lowest BCUT2D eigenvalue weighted by atomic mass is 10.1. The molecule has 1 aromatic carbocycles. The first-order valence-corrected chi connectivity index (χ1v) is 6.52. The fraction of sp³-hybridized carbons (Fsp3) is 0.500. The Morgan fingerprint density at radius 2 is 1.95 bits per heavy atom. The molecule has 106 valence electrons. The Bertz CT molecular complexity index is 431. The lowest BCUT2D eigenvalue weighted by Gasteiger charge is -2.21. The van der Waals surface area contributed by atoms with Gasteiger partial charge in [-0.25, -0.2) is 0 Å². The molecule has 1 aromatic rings. The molecule has 0 fully saturated rings. The van der Waals surface area contributed by atoms with Gasteiger partial charge < -0.3 is 20.4 Å². The molecule has 0 radical (unpaired) electrons. The van der Waals surface area contributed by atoms with Crippen LogP contribution in [0, 0.1) is 0 Å². The molecule has 1 rings (SSSR count). The smallest absolute Gasteiger partial charge is 0.236 e. The highest BCUT2D eigenvalue weighted by Gasteiger charge is 2.14. The maximum atomic E-state index is 11.8. The third-order valence-electron chi connectivity index (χ3n) is 3.16. The molecule has 0 aliphatic carbocycles. The van der Waals surface area contributed by atoms with E-state index in [1.165, 1.54) is 12.1 Å². The van der Waals surface area contributed by atoms with E-state index in [2.05, 4.69) is 5.32 Å². The molecule has 0 saturated carbocycles. The largest absolute Gasteiger partial charge is 0.508 e. The summed E-state index contributed by atoms with van der Waals surface area (Å²) in [6.45, 7) is 7.35. The van der Waals surface area contributed by atoms with Gasteiger partial charge in [0.15, 0.2) is 0 Å². The minimum absolute atomic E-state index is 0.0210. The maximum absolute atomic E-state index is 11.8. The lowest BCUT2D eigenvalue weighted by molar-refractivity contribution is -0.129. The number of benzene rings is 1. The van der Waals surface area contributed by atoms with Gasteiger partial charge in [-0.1, -0.05) is 6.07 Å².